The SMILES string of the molecule is C[C@H](NCc1ccc(Br)c(Br)c1)c1ccccc1. The third-order valence-corrected chi connectivity index (χ3v) is 4.78. The molecule has 1 nitrogen and oxygen atoms in total. The van der Waals surface area contributed by atoms with Gasteiger partial charge in [0.15, 0.2) is 0 Å². The lowest BCUT2D eigenvalue weighted by Crippen LogP contribution is -2.17. The lowest BCUT2D eigenvalue weighted by atomic mass is 10.1. The molecule has 2 aromatic carbocycles. The van der Waals surface area contributed by atoms with E-state index in [-0.39, 0.29) is 0 Å². The van der Waals surface area contributed by atoms with E-state index in [0.29, 0.717) is 6.04 Å². The van der Waals surface area contributed by atoms with Crippen molar-refractivity contribution < 1.29 is 0 Å². The second-order valence-corrected chi connectivity index (χ2v) is 5.97. The van der Waals surface area contributed by atoms with Gasteiger partial charge < -0.3 is 5.32 Å². The quantitative estimate of drug-likeness (QED) is 0.794. The molecule has 0 fully saturated rings. The lowest BCUT2D eigenvalue weighted by molar-refractivity contribution is 0.574. The average molecular weight is 369 g/mol. The van der Waals surface area contributed by atoms with Crippen molar-refractivity contribution in [2.24, 2.45) is 0 Å². The van der Waals surface area contributed by atoms with Crippen molar-refractivity contribution >= 4 is 31.9 Å². The van der Waals surface area contributed by atoms with Crippen LogP contribution in [0.15, 0.2) is 57.5 Å². The highest BCUT2D eigenvalue weighted by Gasteiger charge is 2.04. The van der Waals surface area contributed by atoms with Crippen LogP contribution in [0.25, 0.3) is 0 Å². The standard InChI is InChI=1S/C15H15Br2N/c1-11(13-5-3-2-4-6-13)18-10-12-7-8-14(16)15(17)9-12/h2-9,11,18H,10H2,1H3/t11-/m0/s1. The van der Waals surface area contributed by atoms with E-state index in [4.69, 9.17) is 0 Å². The molecular weight excluding hydrogens is 354 g/mol. The number of halogens is 2. The molecule has 0 aliphatic heterocycles. The maximum absolute atomic E-state index is 3.53. The second kappa shape index (κ2) is 6.50. The number of nitrogens with one attached hydrogen (secondary N) is 1. The fraction of sp³-hybridized carbons (Fsp3) is 0.200. The van der Waals surface area contributed by atoms with Crippen molar-refractivity contribution in [2.75, 3.05) is 0 Å². The van der Waals surface area contributed by atoms with Gasteiger partial charge in [-0.2, -0.15) is 0 Å². The molecule has 0 aliphatic rings. The van der Waals surface area contributed by atoms with Crippen LogP contribution < -0.4 is 5.32 Å². The highest BCUT2D eigenvalue weighted by molar-refractivity contribution is 9.13. The fourth-order valence-corrected chi connectivity index (χ4v) is 2.45. The highest BCUT2D eigenvalue weighted by atomic mass is 79.9. The minimum absolute atomic E-state index is 0.355. The van der Waals surface area contributed by atoms with Crippen LogP contribution in [0.5, 0.6) is 0 Å². The Bertz CT molecular complexity index is 511. The molecule has 1 atom stereocenters. The Labute approximate surface area is 125 Å². The Balaban J connectivity index is 1.97. The fourth-order valence-electron chi connectivity index (χ4n) is 1.78. The van der Waals surface area contributed by atoms with E-state index in [2.05, 4.69) is 86.6 Å². The van der Waals surface area contributed by atoms with Crippen LogP contribution in [-0.4, -0.2) is 0 Å². The van der Waals surface area contributed by atoms with Crippen LogP contribution >= 0.6 is 31.9 Å². The van der Waals surface area contributed by atoms with Crippen molar-refractivity contribution in [3.8, 4) is 0 Å². The first kappa shape index (κ1) is 13.8. The van der Waals surface area contributed by atoms with Gasteiger partial charge in [-0.3, -0.25) is 0 Å². The summed E-state index contributed by atoms with van der Waals surface area (Å²) in [6, 6.07) is 17.2. The van der Waals surface area contributed by atoms with Crippen LogP contribution in [0.3, 0.4) is 0 Å². The summed E-state index contributed by atoms with van der Waals surface area (Å²) in [6.07, 6.45) is 0. The Morgan fingerprint density at radius 3 is 2.39 bits per heavy atom. The molecule has 3 heteroatoms. The first-order chi connectivity index (χ1) is 8.66. The Hall–Kier alpha value is -0.640. The van der Waals surface area contributed by atoms with Gasteiger partial charge in [0.25, 0.3) is 0 Å². The van der Waals surface area contributed by atoms with Gasteiger partial charge in [0.1, 0.15) is 0 Å². The molecule has 0 aliphatic carbocycles. The number of hydrogen-bond donors (Lipinski definition) is 1. The predicted octanol–water partition coefficient (Wildman–Crippen LogP) is 5.06. The molecular formula is C15H15Br2N. The molecule has 0 unspecified atom stereocenters. The summed E-state index contributed by atoms with van der Waals surface area (Å²) in [7, 11) is 0. The van der Waals surface area contributed by atoms with E-state index in [9.17, 15) is 0 Å². The van der Waals surface area contributed by atoms with Crippen molar-refractivity contribution in [3.63, 3.8) is 0 Å². The zero-order valence-corrected chi connectivity index (χ0v) is 13.3. The van der Waals surface area contributed by atoms with E-state index in [1.165, 1.54) is 11.1 Å². The first-order valence-corrected chi connectivity index (χ1v) is 7.47. The number of rotatable bonds is 4. The molecule has 2 aromatic rings. The monoisotopic (exact) mass is 367 g/mol. The number of hydrogen-bond acceptors (Lipinski definition) is 1. The van der Waals surface area contributed by atoms with Gasteiger partial charge in [-0.05, 0) is 62.0 Å². The van der Waals surface area contributed by atoms with Crippen molar-refractivity contribution in [3.05, 3.63) is 68.6 Å². The van der Waals surface area contributed by atoms with Gasteiger partial charge in [0.05, 0.1) is 0 Å². The molecule has 0 bridgehead atoms. The van der Waals surface area contributed by atoms with Crippen molar-refractivity contribution in [1.29, 1.82) is 0 Å². The smallest absolute Gasteiger partial charge is 0.0320 e. The molecule has 0 amide bonds. The minimum atomic E-state index is 0.355. The largest absolute Gasteiger partial charge is 0.306 e. The van der Waals surface area contributed by atoms with Crippen LogP contribution in [0.1, 0.15) is 24.1 Å². The molecule has 94 valence electrons. The third-order valence-electron chi connectivity index (χ3n) is 2.90. The average Bonchev–Trinajstić information content (AvgIpc) is 2.41. The molecule has 1 N–H and O–H groups in total. The minimum Gasteiger partial charge on any atom is -0.306 e. The van der Waals surface area contributed by atoms with E-state index in [1.54, 1.807) is 0 Å². The maximum atomic E-state index is 3.53. The van der Waals surface area contributed by atoms with Crippen molar-refractivity contribution in [2.45, 2.75) is 19.5 Å². The predicted molar refractivity (Wildman–Crippen MR) is 83.5 cm³/mol. The van der Waals surface area contributed by atoms with Crippen LogP contribution in [0.2, 0.25) is 0 Å². The van der Waals surface area contributed by atoms with E-state index in [1.807, 2.05) is 6.07 Å². The second-order valence-electron chi connectivity index (χ2n) is 4.26. The third kappa shape index (κ3) is 3.67. The molecule has 0 radical (unpaired) electrons. The van der Waals surface area contributed by atoms with Crippen LogP contribution in [0.4, 0.5) is 0 Å². The summed E-state index contributed by atoms with van der Waals surface area (Å²) < 4.78 is 2.18. The zero-order valence-electron chi connectivity index (χ0n) is 10.2. The van der Waals surface area contributed by atoms with Crippen LogP contribution in [-0.2, 0) is 6.54 Å². The van der Waals surface area contributed by atoms with Gasteiger partial charge in [0.2, 0.25) is 0 Å². The first-order valence-electron chi connectivity index (χ1n) is 5.89. The maximum Gasteiger partial charge on any atom is 0.0320 e. The van der Waals surface area contributed by atoms with Gasteiger partial charge in [-0.1, -0.05) is 36.4 Å². The molecule has 0 spiro atoms. The summed E-state index contributed by atoms with van der Waals surface area (Å²) in [5.74, 6) is 0. The highest BCUT2D eigenvalue weighted by Crippen LogP contribution is 2.24. The van der Waals surface area contributed by atoms with Gasteiger partial charge in [-0.25, -0.2) is 0 Å². The van der Waals surface area contributed by atoms with Gasteiger partial charge in [0, 0.05) is 21.5 Å². The Kier molecular flexibility index (Phi) is 4.98. The summed E-state index contributed by atoms with van der Waals surface area (Å²) in [5, 5.41) is 3.53. The molecule has 0 aromatic heterocycles. The van der Waals surface area contributed by atoms with Crippen molar-refractivity contribution in [1.82, 2.24) is 5.32 Å². The van der Waals surface area contributed by atoms with Gasteiger partial charge >= 0.3 is 0 Å². The lowest BCUT2D eigenvalue weighted by Gasteiger charge is -2.14. The molecule has 2 rings (SSSR count). The van der Waals surface area contributed by atoms with E-state index >= 15 is 0 Å². The Morgan fingerprint density at radius 1 is 1.00 bits per heavy atom. The molecule has 18 heavy (non-hydrogen) atoms. The topological polar surface area (TPSA) is 12.0 Å². The van der Waals surface area contributed by atoms with Crippen LogP contribution in [0, 0.1) is 0 Å². The normalized spacial score (nSPS) is 12.4. The zero-order chi connectivity index (χ0) is 13.0. The Morgan fingerprint density at radius 2 is 1.72 bits per heavy atom. The van der Waals surface area contributed by atoms with E-state index in [0.717, 1.165) is 15.5 Å². The summed E-state index contributed by atoms with van der Waals surface area (Å²) >= 11 is 7.00. The van der Waals surface area contributed by atoms with Gasteiger partial charge in [-0.15, -0.1) is 0 Å². The number of benzene rings is 2. The summed E-state index contributed by atoms with van der Waals surface area (Å²) in [5.41, 5.74) is 2.58. The molecule has 0 saturated heterocycles. The summed E-state index contributed by atoms with van der Waals surface area (Å²) in [6.45, 7) is 3.05. The van der Waals surface area contributed by atoms with E-state index < -0.39 is 0 Å². The molecule has 0 heterocycles. The summed E-state index contributed by atoms with van der Waals surface area (Å²) in [4.78, 5) is 0. The molecule has 0 saturated carbocycles.